The Morgan fingerprint density at radius 2 is 1.95 bits per heavy atom. The average Bonchev–Trinajstić information content (AvgIpc) is 3.13. The zero-order chi connectivity index (χ0) is 14.1. The minimum atomic E-state index is -0.0725. The van der Waals surface area contributed by atoms with Gasteiger partial charge in [-0.2, -0.15) is 0 Å². The molecule has 0 heterocycles. The highest BCUT2D eigenvalue weighted by Gasteiger charge is 2.58. The van der Waals surface area contributed by atoms with Crippen molar-refractivity contribution in [2.45, 2.75) is 65.0 Å². The van der Waals surface area contributed by atoms with Crippen LogP contribution in [0.25, 0.3) is 0 Å². The van der Waals surface area contributed by atoms with Crippen molar-refractivity contribution in [2.75, 3.05) is 26.2 Å². The van der Waals surface area contributed by atoms with Gasteiger partial charge in [-0.25, -0.2) is 0 Å². The maximum absolute atomic E-state index is 6.71. The molecule has 0 amide bonds. The number of rotatable bonds is 8. The lowest BCUT2D eigenvalue weighted by atomic mass is 9.54. The summed E-state index contributed by atoms with van der Waals surface area (Å²) in [5.74, 6) is 0.945. The van der Waals surface area contributed by atoms with E-state index in [0.29, 0.717) is 6.10 Å². The Bertz CT molecular complexity index is 301. The second-order valence-corrected chi connectivity index (χ2v) is 7.20. The Morgan fingerprint density at radius 1 is 1.26 bits per heavy atom. The van der Waals surface area contributed by atoms with Gasteiger partial charge in [-0.3, -0.25) is 0 Å². The Labute approximate surface area is 118 Å². The molecule has 19 heavy (non-hydrogen) atoms. The second kappa shape index (κ2) is 5.71. The number of nitrogens with zero attached hydrogens (tertiary/aromatic N) is 1. The molecule has 2 saturated carbocycles. The van der Waals surface area contributed by atoms with Crippen LogP contribution in [0.15, 0.2) is 0 Å². The second-order valence-electron chi connectivity index (χ2n) is 7.20. The van der Waals surface area contributed by atoms with Gasteiger partial charge < -0.3 is 15.4 Å². The van der Waals surface area contributed by atoms with Crippen molar-refractivity contribution < 1.29 is 4.74 Å². The predicted molar refractivity (Wildman–Crippen MR) is 80.2 cm³/mol. The summed E-state index contributed by atoms with van der Waals surface area (Å²) in [7, 11) is 0. The first kappa shape index (κ1) is 15.3. The molecule has 3 heteroatoms. The van der Waals surface area contributed by atoms with Crippen molar-refractivity contribution in [1.29, 1.82) is 0 Å². The van der Waals surface area contributed by atoms with Crippen molar-refractivity contribution in [1.82, 2.24) is 4.90 Å². The molecule has 3 nitrogen and oxygen atoms in total. The number of nitrogens with two attached hydrogens (primary N) is 1. The lowest BCUT2D eigenvalue weighted by Gasteiger charge is -2.60. The van der Waals surface area contributed by atoms with E-state index in [4.69, 9.17) is 10.5 Å². The highest BCUT2D eigenvalue weighted by molar-refractivity contribution is 5.14. The van der Waals surface area contributed by atoms with Crippen LogP contribution < -0.4 is 5.73 Å². The van der Waals surface area contributed by atoms with Gasteiger partial charge in [0.2, 0.25) is 0 Å². The van der Waals surface area contributed by atoms with Crippen LogP contribution >= 0.6 is 0 Å². The van der Waals surface area contributed by atoms with Crippen LogP contribution in [0.4, 0.5) is 0 Å². The molecule has 2 fully saturated rings. The molecular weight excluding hydrogens is 236 g/mol. The summed E-state index contributed by atoms with van der Waals surface area (Å²) in [5, 5.41) is 0. The minimum Gasteiger partial charge on any atom is -0.378 e. The molecule has 2 N–H and O–H groups in total. The predicted octanol–water partition coefficient (Wildman–Crippen LogP) is 2.64. The van der Waals surface area contributed by atoms with E-state index in [2.05, 4.69) is 32.6 Å². The van der Waals surface area contributed by atoms with E-state index in [1.807, 2.05) is 0 Å². The molecule has 0 aromatic rings. The molecule has 2 unspecified atom stereocenters. The van der Waals surface area contributed by atoms with Gasteiger partial charge in [0.1, 0.15) is 0 Å². The third kappa shape index (κ3) is 3.14. The maximum Gasteiger partial charge on any atom is 0.0662 e. The van der Waals surface area contributed by atoms with Crippen LogP contribution in [0.3, 0.4) is 0 Å². The molecule has 0 aromatic heterocycles. The molecule has 2 aliphatic carbocycles. The Kier molecular flexibility index (Phi) is 4.59. The molecule has 0 aliphatic heterocycles. The lowest BCUT2D eigenvalue weighted by Crippen LogP contribution is -2.73. The fourth-order valence-electron chi connectivity index (χ4n) is 3.39. The van der Waals surface area contributed by atoms with E-state index in [9.17, 15) is 0 Å². The summed E-state index contributed by atoms with van der Waals surface area (Å²) >= 11 is 0. The van der Waals surface area contributed by atoms with Crippen LogP contribution in [0.5, 0.6) is 0 Å². The number of hydrogen-bond acceptors (Lipinski definition) is 3. The van der Waals surface area contributed by atoms with E-state index in [1.165, 1.54) is 32.4 Å². The summed E-state index contributed by atoms with van der Waals surface area (Å²) in [6, 6.07) is 0. The van der Waals surface area contributed by atoms with Gasteiger partial charge in [0, 0.05) is 30.7 Å². The Morgan fingerprint density at radius 3 is 2.42 bits per heavy atom. The van der Waals surface area contributed by atoms with Crippen LogP contribution in [0.2, 0.25) is 0 Å². The molecule has 0 bridgehead atoms. The largest absolute Gasteiger partial charge is 0.378 e. The molecule has 0 radical (unpaired) electrons. The summed E-state index contributed by atoms with van der Waals surface area (Å²) in [6.45, 7) is 13.2. The number of ether oxygens (including phenoxy) is 1. The third-order valence-corrected chi connectivity index (χ3v) is 5.26. The van der Waals surface area contributed by atoms with E-state index in [0.717, 1.165) is 25.5 Å². The summed E-state index contributed by atoms with van der Waals surface area (Å²) < 4.78 is 5.82. The first-order valence-corrected chi connectivity index (χ1v) is 8.05. The van der Waals surface area contributed by atoms with Gasteiger partial charge in [0.05, 0.1) is 6.10 Å². The van der Waals surface area contributed by atoms with Crippen molar-refractivity contribution >= 4 is 0 Å². The van der Waals surface area contributed by atoms with Crippen molar-refractivity contribution in [3.05, 3.63) is 0 Å². The summed E-state index contributed by atoms with van der Waals surface area (Å²) in [4.78, 5) is 2.60. The monoisotopic (exact) mass is 268 g/mol. The first-order valence-electron chi connectivity index (χ1n) is 8.05. The van der Waals surface area contributed by atoms with E-state index < -0.39 is 0 Å². The Hall–Kier alpha value is -0.120. The average molecular weight is 268 g/mol. The zero-order valence-electron chi connectivity index (χ0n) is 13.2. The van der Waals surface area contributed by atoms with E-state index in [-0.39, 0.29) is 11.0 Å². The fraction of sp³-hybridized carbons (Fsp3) is 1.00. The smallest absolute Gasteiger partial charge is 0.0662 e. The number of hydrogen-bond donors (Lipinski definition) is 1. The quantitative estimate of drug-likeness (QED) is 0.735. The summed E-state index contributed by atoms with van der Waals surface area (Å²) in [5.41, 5.74) is 6.73. The molecule has 112 valence electrons. The van der Waals surface area contributed by atoms with Gasteiger partial charge in [-0.1, -0.05) is 20.8 Å². The molecule has 0 saturated heterocycles. The molecule has 2 atom stereocenters. The van der Waals surface area contributed by atoms with Gasteiger partial charge in [-0.05, 0) is 45.1 Å². The van der Waals surface area contributed by atoms with Crippen LogP contribution in [0.1, 0.15) is 53.4 Å². The molecule has 0 aromatic carbocycles. The lowest BCUT2D eigenvalue weighted by molar-refractivity contribution is -0.156. The van der Waals surface area contributed by atoms with Gasteiger partial charge in [-0.15, -0.1) is 0 Å². The molecular formula is C16H32N2O. The van der Waals surface area contributed by atoms with Crippen molar-refractivity contribution in [2.24, 2.45) is 17.1 Å². The van der Waals surface area contributed by atoms with Crippen LogP contribution in [-0.2, 0) is 4.74 Å². The maximum atomic E-state index is 6.71. The molecule has 0 spiro atoms. The molecule has 2 aliphatic rings. The zero-order valence-corrected chi connectivity index (χ0v) is 13.2. The SMILES string of the molecule is CCCN(CC1CC1)CC1(N)CC(OCC)C1(C)C. The fourth-order valence-corrected chi connectivity index (χ4v) is 3.39. The third-order valence-electron chi connectivity index (χ3n) is 5.26. The van der Waals surface area contributed by atoms with Gasteiger partial charge in [0.15, 0.2) is 0 Å². The van der Waals surface area contributed by atoms with E-state index in [1.54, 1.807) is 0 Å². The normalized spacial score (nSPS) is 33.5. The van der Waals surface area contributed by atoms with Gasteiger partial charge in [0.25, 0.3) is 0 Å². The van der Waals surface area contributed by atoms with Crippen LogP contribution in [-0.4, -0.2) is 42.8 Å². The van der Waals surface area contributed by atoms with Gasteiger partial charge >= 0.3 is 0 Å². The van der Waals surface area contributed by atoms with E-state index >= 15 is 0 Å². The Balaban J connectivity index is 1.92. The van der Waals surface area contributed by atoms with Crippen molar-refractivity contribution in [3.63, 3.8) is 0 Å². The minimum absolute atomic E-state index is 0.0725. The highest BCUT2D eigenvalue weighted by atomic mass is 16.5. The van der Waals surface area contributed by atoms with Crippen LogP contribution in [0, 0.1) is 11.3 Å². The van der Waals surface area contributed by atoms with Crippen molar-refractivity contribution in [3.8, 4) is 0 Å². The first-order chi connectivity index (χ1) is 8.93. The molecule has 2 rings (SSSR count). The highest BCUT2D eigenvalue weighted by Crippen LogP contribution is 2.50. The summed E-state index contributed by atoms with van der Waals surface area (Å²) in [6.07, 6.45) is 5.41. The topological polar surface area (TPSA) is 38.5 Å². The standard InChI is InChI=1S/C16H32N2O/c1-5-9-18(11-13-7-8-13)12-16(17)10-14(19-6-2)15(16,3)4/h13-14H,5-12,17H2,1-4H3.